The number of amides is 1. The largest absolute Gasteiger partial charge is 1.00 e. The van der Waals surface area contributed by atoms with Gasteiger partial charge in [-0.15, -0.1) is 0 Å². The molecule has 0 N–H and O–H groups in total. The predicted molar refractivity (Wildman–Crippen MR) is 95.3 cm³/mol. The number of non-ortho nitro benzene ring substituents is 1. The predicted octanol–water partition coefficient (Wildman–Crippen LogP) is -4.05. The number of carbonyl (C=O) groups excluding carboxylic acids is 1. The zero-order valence-corrected chi connectivity index (χ0v) is 17.3. The number of hydrogen-bond donors (Lipinski definition) is 0. The van der Waals surface area contributed by atoms with Crippen molar-refractivity contribution in [1.29, 1.82) is 0 Å². The zero-order valence-electron chi connectivity index (χ0n) is 15.8. The Bertz CT molecular complexity index is 525. The highest BCUT2D eigenvalue weighted by Crippen LogP contribution is 2.14. The van der Waals surface area contributed by atoms with Crippen molar-refractivity contribution in [3.63, 3.8) is 0 Å². The van der Waals surface area contributed by atoms with E-state index in [0.29, 0.717) is 18.7 Å². The quantitative estimate of drug-likeness (QED) is 0.292. The Morgan fingerprint density at radius 3 is 1.65 bits per heavy atom. The number of nitro groups is 1. The Morgan fingerprint density at radius 2 is 1.31 bits per heavy atom. The molecule has 26 heavy (non-hydrogen) atoms. The summed E-state index contributed by atoms with van der Waals surface area (Å²) in [4.78, 5) is 29.0. The number of hydrogen-bond acceptors (Lipinski definition) is 5. The number of halogens is 2. The highest BCUT2D eigenvalue weighted by atomic mass is 35.5. The van der Waals surface area contributed by atoms with Gasteiger partial charge in [0.2, 0.25) is 0 Å². The van der Waals surface area contributed by atoms with Crippen molar-refractivity contribution in [3.05, 3.63) is 39.9 Å². The van der Waals surface area contributed by atoms with E-state index in [2.05, 4.69) is 9.80 Å². The Balaban J connectivity index is 0. The van der Waals surface area contributed by atoms with Crippen molar-refractivity contribution in [3.8, 4) is 0 Å². The molecule has 0 aromatic heterocycles. The maximum Gasteiger partial charge on any atom is 0.269 e. The first-order chi connectivity index (χ1) is 11.3. The summed E-state index contributed by atoms with van der Waals surface area (Å²) in [6.07, 6.45) is 1.79. The molecule has 0 atom stereocenters. The highest BCUT2D eigenvalue weighted by molar-refractivity contribution is 5.94. The fourth-order valence-corrected chi connectivity index (χ4v) is 2.38. The lowest BCUT2D eigenvalue weighted by molar-refractivity contribution is -0.384. The normalized spacial score (nSPS) is 10.2. The average molecular weight is 407 g/mol. The summed E-state index contributed by atoms with van der Waals surface area (Å²) in [6, 6.07) is 5.83. The van der Waals surface area contributed by atoms with E-state index < -0.39 is 4.92 Å². The fraction of sp³-hybridized carbons (Fsp3) is 0.588. The Labute approximate surface area is 168 Å². The highest BCUT2D eigenvalue weighted by Gasteiger charge is 2.16. The second kappa shape index (κ2) is 13.7. The van der Waals surface area contributed by atoms with E-state index in [9.17, 15) is 14.9 Å². The topological polar surface area (TPSA) is 69.9 Å². The summed E-state index contributed by atoms with van der Waals surface area (Å²) in [7, 11) is 8.03. The molecule has 7 nitrogen and oxygen atoms in total. The number of benzene rings is 1. The van der Waals surface area contributed by atoms with Gasteiger partial charge in [0.1, 0.15) is 0 Å². The van der Waals surface area contributed by atoms with Gasteiger partial charge in [-0.1, -0.05) is 0 Å². The molecule has 0 bridgehead atoms. The van der Waals surface area contributed by atoms with Crippen LogP contribution in [0, 0.1) is 10.1 Å². The molecule has 0 aliphatic carbocycles. The molecule has 0 saturated carbocycles. The van der Waals surface area contributed by atoms with E-state index in [0.717, 1.165) is 25.9 Å². The van der Waals surface area contributed by atoms with Crippen LogP contribution in [0.5, 0.6) is 0 Å². The molecule has 0 heterocycles. The van der Waals surface area contributed by atoms with E-state index in [1.165, 1.54) is 24.3 Å². The van der Waals surface area contributed by atoms with E-state index in [1.54, 1.807) is 0 Å². The smallest absolute Gasteiger partial charge is 0.269 e. The molecular weight excluding hydrogens is 379 g/mol. The fourth-order valence-electron chi connectivity index (χ4n) is 2.38. The van der Waals surface area contributed by atoms with E-state index in [1.807, 2.05) is 33.1 Å². The molecule has 0 saturated heterocycles. The molecule has 1 rings (SSSR count). The SMILES string of the molecule is CN(C)CCCN(CCCN(C)C)C(=O)c1ccc([N+](=O)[O-])cc1.[Cl-].[Cl-]. The molecule has 0 aliphatic rings. The lowest BCUT2D eigenvalue weighted by Crippen LogP contribution is -3.00. The summed E-state index contributed by atoms with van der Waals surface area (Å²) >= 11 is 0. The monoisotopic (exact) mass is 406 g/mol. The molecule has 150 valence electrons. The van der Waals surface area contributed by atoms with Crippen LogP contribution >= 0.6 is 0 Å². The minimum absolute atomic E-state index is 0. The van der Waals surface area contributed by atoms with Gasteiger partial charge in [-0.25, -0.2) is 0 Å². The second-order valence-electron chi connectivity index (χ2n) is 6.41. The van der Waals surface area contributed by atoms with Gasteiger partial charge in [0, 0.05) is 30.8 Å². The van der Waals surface area contributed by atoms with Crippen LogP contribution in [0.1, 0.15) is 23.2 Å². The number of rotatable bonds is 10. The van der Waals surface area contributed by atoms with Crippen molar-refractivity contribution in [1.82, 2.24) is 14.7 Å². The zero-order chi connectivity index (χ0) is 18.1. The first kappa shape index (κ1) is 26.8. The van der Waals surface area contributed by atoms with Gasteiger partial charge in [-0.2, -0.15) is 0 Å². The van der Waals surface area contributed by atoms with Gasteiger partial charge in [0.15, 0.2) is 0 Å². The average Bonchev–Trinajstić information content (AvgIpc) is 2.52. The van der Waals surface area contributed by atoms with Crippen LogP contribution in [0.2, 0.25) is 0 Å². The summed E-state index contributed by atoms with van der Waals surface area (Å²) in [5, 5.41) is 10.7. The third-order valence-corrected chi connectivity index (χ3v) is 3.68. The molecule has 0 unspecified atom stereocenters. The number of nitrogens with zero attached hydrogens (tertiary/aromatic N) is 4. The first-order valence-corrected chi connectivity index (χ1v) is 8.14. The summed E-state index contributed by atoms with van der Waals surface area (Å²) in [5.74, 6) is -0.0672. The Kier molecular flexibility index (Phi) is 14.2. The van der Waals surface area contributed by atoms with Crippen molar-refractivity contribution >= 4 is 11.6 Å². The van der Waals surface area contributed by atoms with Gasteiger partial charge in [-0.05, 0) is 66.3 Å². The third kappa shape index (κ3) is 9.91. The van der Waals surface area contributed by atoms with Crippen molar-refractivity contribution < 1.29 is 34.5 Å². The molecule has 0 spiro atoms. The standard InChI is InChI=1S/C17H28N4O3.2ClH/c1-18(2)11-5-13-20(14-6-12-19(3)4)17(22)15-7-9-16(10-8-15)21(23)24;;/h7-10H,5-6,11-14H2,1-4H3;2*1H/p-2. The molecule has 9 heteroatoms. The lowest BCUT2D eigenvalue weighted by atomic mass is 10.1. The van der Waals surface area contributed by atoms with Crippen LogP contribution in [-0.4, -0.2) is 79.9 Å². The summed E-state index contributed by atoms with van der Waals surface area (Å²) in [5.41, 5.74) is 0.494. The number of carbonyl (C=O) groups is 1. The van der Waals surface area contributed by atoms with Crippen LogP contribution in [0.25, 0.3) is 0 Å². The maximum atomic E-state index is 12.7. The van der Waals surface area contributed by atoms with Crippen LogP contribution in [0.15, 0.2) is 24.3 Å². The summed E-state index contributed by atoms with van der Waals surface area (Å²) in [6.45, 7) is 3.19. The first-order valence-electron chi connectivity index (χ1n) is 8.14. The molecule has 1 aromatic carbocycles. The van der Waals surface area contributed by atoms with Crippen molar-refractivity contribution in [2.45, 2.75) is 12.8 Å². The lowest BCUT2D eigenvalue weighted by Gasteiger charge is -2.24. The molecule has 0 fully saturated rings. The van der Waals surface area contributed by atoms with Crippen molar-refractivity contribution in [2.75, 3.05) is 54.4 Å². The van der Waals surface area contributed by atoms with Crippen LogP contribution in [0.3, 0.4) is 0 Å². The van der Waals surface area contributed by atoms with Crippen molar-refractivity contribution in [2.24, 2.45) is 0 Å². The van der Waals surface area contributed by atoms with Crippen LogP contribution in [-0.2, 0) is 0 Å². The van der Waals surface area contributed by atoms with Gasteiger partial charge >= 0.3 is 0 Å². The molecule has 1 amide bonds. The number of nitro benzene ring substituents is 1. The molecule has 0 radical (unpaired) electrons. The molecule has 0 aliphatic heterocycles. The van der Waals surface area contributed by atoms with Gasteiger partial charge in [0.25, 0.3) is 11.6 Å². The van der Waals surface area contributed by atoms with E-state index >= 15 is 0 Å². The van der Waals surface area contributed by atoms with Gasteiger partial charge < -0.3 is 39.5 Å². The third-order valence-electron chi connectivity index (χ3n) is 3.68. The maximum absolute atomic E-state index is 12.7. The van der Waals surface area contributed by atoms with Crippen LogP contribution in [0.4, 0.5) is 5.69 Å². The Hall–Kier alpha value is -1.41. The minimum atomic E-state index is -0.458. The van der Waals surface area contributed by atoms with Crippen LogP contribution < -0.4 is 24.8 Å². The molecular formula is C17H28Cl2N4O3-2. The van der Waals surface area contributed by atoms with E-state index in [4.69, 9.17) is 0 Å². The second-order valence-corrected chi connectivity index (χ2v) is 6.41. The van der Waals surface area contributed by atoms with Gasteiger partial charge in [0.05, 0.1) is 4.92 Å². The molecule has 1 aromatic rings. The van der Waals surface area contributed by atoms with Gasteiger partial charge in [-0.3, -0.25) is 14.9 Å². The minimum Gasteiger partial charge on any atom is -1.00 e. The summed E-state index contributed by atoms with van der Waals surface area (Å²) < 4.78 is 0. The van der Waals surface area contributed by atoms with E-state index in [-0.39, 0.29) is 36.4 Å². The Morgan fingerprint density at radius 1 is 0.885 bits per heavy atom.